The van der Waals surface area contributed by atoms with Gasteiger partial charge in [0.2, 0.25) is 0 Å². The Hall–Kier alpha value is -3.01. The van der Waals surface area contributed by atoms with Gasteiger partial charge in [0.15, 0.2) is 6.61 Å². The normalized spacial score (nSPS) is 11.2. The van der Waals surface area contributed by atoms with Gasteiger partial charge in [0, 0.05) is 27.2 Å². The Morgan fingerprint density at radius 1 is 1.19 bits per heavy atom. The van der Waals surface area contributed by atoms with Gasteiger partial charge in [-0.15, -0.1) is 0 Å². The van der Waals surface area contributed by atoms with Gasteiger partial charge in [-0.3, -0.25) is 9.59 Å². The van der Waals surface area contributed by atoms with Gasteiger partial charge in [-0.05, 0) is 64.8 Å². The Bertz CT molecular complexity index is 1550. The highest BCUT2D eigenvalue weighted by Crippen LogP contribution is 2.32. The topological polar surface area (TPSA) is 85.6 Å². The Kier molecular flexibility index (Phi) is 8.23. The van der Waals surface area contributed by atoms with Gasteiger partial charge in [0.05, 0.1) is 21.6 Å². The van der Waals surface area contributed by atoms with E-state index in [2.05, 4.69) is 47.3 Å². The second-order valence-corrected chi connectivity index (χ2v) is 10.1. The van der Waals surface area contributed by atoms with Gasteiger partial charge in [-0.1, -0.05) is 52.7 Å². The van der Waals surface area contributed by atoms with E-state index in [1.54, 1.807) is 24.3 Å². The van der Waals surface area contributed by atoms with Crippen LogP contribution in [0.1, 0.15) is 23.9 Å². The van der Waals surface area contributed by atoms with Crippen LogP contribution in [0.3, 0.4) is 0 Å². The maximum Gasteiger partial charge on any atom is 0.282 e. The minimum Gasteiger partial charge on any atom is -0.482 e. The summed E-state index contributed by atoms with van der Waals surface area (Å²) in [5.74, 6) is 0.556. The summed E-state index contributed by atoms with van der Waals surface area (Å²) in [6, 6.07) is 16.1. The summed E-state index contributed by atoms with van der Waals surface area (Å²) in [6.45, 7) is 3.57. The molecule has 36 heavy (non-hydrogen) atoms. The molecule has 1 aromatic heterocycles. The summed E-state index contributed by atoms with van der Waals surface area (Å²) in [7, 11) is 0. The number of aryl methyl sites for hydroxylation is 2. The van der Waals surface area contributed by atoms with E-state index in [1.165, 1.54) is 10.9 Å². The molecule has 1 heterocycles. The zero-order valence-electron chi connectivity index (χ0n) is 19.4. The molecule has 1 amide bonds. The second kappa shape index (κ2) is 11.4. The van der Waals surface area contributed by atoms with Crippen molar-refractivity contribution in [1.82, 2.24) is 9.66 Å². The Morgan fingerprint density at radius 2 is 1.97 bits per heavy atom. The molecule has 1 N–H and O–H groups in total. The molecular formula is C26H21Br2ClN4O3. The summed E-state index contributed by atoms with van der Waals surface area (Å²) in [6.07, 6.45) is 1.97. The average Bonchev–Trinajstić information content (AvgIpc) is 2.84. The molecule has 4 aromatic rings. The number of nitrogens with one attached hydrogen (secondary N) is 1. The van der Waals surface area contributed by atoms with Crippen molar-refractivity contribution in [3.63, 3.8) is 0 Å². The number of rotatable bonds is 7. The van der Waals surface area contributed by atoms with Crippen molar-refractivity contribution < 1.29 is 9.53 Å². The van der Waals surface area contributed by atoms with Gasteiger partial charge in [0.25, 0.3) is 11.5 Å². The monoisotopic (exact) mass is 630 g/mol. The van der Waals surface area contributed by atoms with Gasteiger partial charge in [-0.25, -0.2) is 4.98 Å². The van der Waals surface area contributed by atoms with E-state index in [1.807, 2.05) is 44.2 Å². The molecule has 4 rings (SSSR count). The first-order valence-corrected chi connectivity index (χ1v) is 13.0. The third-order valence-corrected chi connectivity index (χ3v) is 6.61. The van der Waals surface area contributed by atoms with E-state index in [4.69, 9.17) is 16.3 Å². The van der Waals surface area contributed by atoms with Gasteiger partial charge >= 0.3 is 0 Å². The Balaban J connectivity index is 1.64. The predicted octanol–water partition coefficient (Wildman–Crippen LogP) is 6.35. The summed E-state index contributed by atoms with van der Waals surface area (Å²) in [4.78, 5) is 30.3. The molecule has 0 saturated carbocycles. The van der Waals surface area contributed by atoms with Crippen LogP contribution in [-0.2, 0) is 11.2 Å². The number of carbonyl (C=O) groups excluding carboxylic acids is 1. The van der Waals surface area contributed by atoms with Crippen molar-refractivity contribution in [3.8, 4) is 5.75 Å². The van der Waals surface area contributed by atoms with E-state index in [0.29, 0.717) is 49.6 Å². The molecule has 0 unspecified atom stereocenters. The molecule has 0 spiro atoms. The van der Waals surface area contributed by atoms with Crippen LogP contribution in [-0.4, -0.2) is 28.4 Å². The molecule has 0 fully saturated rings. The fourth-order valence-electron chi connectivity index (χ4n) is 3.53. The van der Waals surface area contributed by atoms with Crippen LogP contribution in [0.25, 0.3) is 10.9 Å². The molecule has 0 saturated heterocycles. The minimum atomic E-state index is -0.317. The lowest BCUT2D eigenvalue weighted by Crippen LogP contribution is -2.22. The van der Waals surface area contributed by atoms with E-state index >= 15 is 0 Å². The lowest BCUT2D eigenvalue weighted by atomic mass is 10.2. The van der Waals surface area contributed by atoms with Crippen molar-refractivity contribution >= 4 is 72.2 Å². The van der Waals surface area contributed by atoms with E-state index < -0.39 is 0 Å². The highest BCUT2D eigenvalue weighted by Gasteiger charge is 2.14. The third kappa shape index (κ3) is 5.86. The smallest absolute Gasteiger partial charge is 0.282 e. The van der Waals surface area contributed by atoms with E-state index in [-0.39, 0.29) is 18.1 Å². The van der Waals surface area contributed by atoms with Crippen molar-refractivity contribution in [2.24, 2.45) is 5.10 Å². The highest BCUT2D eigenvalue weighted by molar-refractivity contribution is 9.10. The number of amides is 1. The molecule has 3 aromatic carbocycles. The number of fused-ring (bicyclic) bond motifs is 1. The number of halogens is 3. The number of benzene rings is 3. The molecule has 0 aliphatic carbocycles. The molecule has 0 bridgehead atoms. The van der Waals surface area contributed by atoms with Crippen LogP contribution < -0.4 is 15.6 Å². The quantitative estimate of drug-likeness (QED) is 0.241. The first-order chi connectivity index (χ1) is 17.3. The molecule has 0 aliphatic heterocycles. The number of para-hydroxylation sites is 1. The zero-order valence-corrected chi connectivity index (χ0v) is 23.3. The Morgan fingerprint density at radius 3 is 2.72 bits per heavy atom. The van der Waals surface area contributed by atoms with Crippen molar-refractivity contribution in [3.05, 3.63) is 95.9 Å². The third-order valence-electron chi connectivity index (χ3n) is 5.31. The first kappa shape index (κ1) is 26.1. The summed E-state index contributed by atoms with van der Waals surface area (Å²) >= 11 is 13.1. The molecule has 7 nitrogen and oxygen atoms in total. The number of aromatic nitrogens is 2. The molecule has 0 atom stereocenters. The van der Waals surface area contributed by atoms with Crippen LogP contribution in [0, 0.1) is 6.92 Å². The molecule has 0 aliphatic rings. The fraction of sp³-hybridized carbons (Fsp3) is 0.154. The number of hydrogen-bond acceptors (Lipinski definition) is 5. The summed E-state index contributed by atoms with van der Waals surface area (Å²) < 4.78 is 8.42. The standard InChI is InChI=1S/C26H21Br2ClN4O3/c1-3-23-31-22-9-8-17(27)11-19(22)26(35)33(23)30-13-16-10-18(29)12-20(28)25(16)36-14-24(34)32-21-7-5-4-6-15(21)2/h4-13H,3,14H2,1-2H3,(H,32,34). The number of anilines is 1. The largest absolute Gasteiger partial charge is 0.482 e. The predicted molar refractivity (Wildman–Crippen MR) is 151 cm³/mol. The van der Waals surface area contributed by atoms with Crippen LogP contribution in [0.2, 0.25) is 5.02 Å². The molecule has 0 radical (unpaired) electrons. The summed E-state index contributed by atoms with van der Waals surface area (Å²) in [5.41, 5.74) is 2.45. The summed E-state index contributed by atoms with van der Waals surface area (Å²) in [5, 5.41) is 8.13. The Labute approximate surface area is 229 Å². The van der Waals surface area contributed by atoms with E-state index in [0.717, 1.165) is 10.0 Å². The van der Waals surface area contributed by atoms with Gasteiger partial charge in [0.1, 0.15) is 11.6 Å². The maximum absolute atomic E-state index is 13.2. The van der Waals surface area contributed by atoms with Crippen molar-refractivity contribution in [2.45, 2.75) is 20.3 Å². The van der Waals surface area contributed by atoms with Crippen LogP contribution in [0.15, 0.2) is 73.4 Å². The number of hydrogen-bond donors (Lipinski definition) is 1. The minimum absolute atomic E-state index is 0.235. The number of ether oxygens (including phenoxy) is 1. The number of carbonyl (C=O) groups is 1. The van der Waals surface area contributed by atoms with Gasteiger partial charge < -0.3 is 10.1 Å². The first-order valence-electron chi connectivity index (χ1n) is 11.0. The molecule has 184 valence electrons. The van der Waals surface area contributed by atoms with Crippen LogP contribution in [0.4, 0.5) is 5.69 Å². The van der Waals surface area contributed by atoms with Crippen LogP contribution >= 0.6 is 43.5 Å². The molecular weight excluding hydrogens is 612 g/mol. The number of nitrogens with zero attached hydrogens (tertiary/aromatic N) is 3. The zero-order chi connectivity index (χ0) is 25.8. The van der Waals surface area contributed by atoms with E-state index in [9.17, 15) is 9.59 Å². The van der Waals surface area contributed by atoms with Crippen LogP contribution in [0.5, 0.6) is 5.75 Å². The lowest BCUT2D eigenvalue weighted by Gasteiger charge is -2.13. The van der Waals surface area contributed by atoms with Gasteiger partial charge in [-0.2, -0.15) is 9.78 Å². The fourth-order valence-corrected chi connectivity index (χ4v) is 4.84. The second-order valence-electron chi connectivity index (χ2n) is 7.86. The van der Waals surface area contributed by atoms with Crippen molar-refractivity contribution in [1.29, 1.82) is 0 Å². The highest BCUT2D eigenvalue weighted by atomic mass is 79.9. The lowest BCUT2D eigenvalue weighted by molar-refractivity contribution is -0.118. The average molecular weight is 633 g/mol. The maximum atomic E-state index is 13.2. The molecule has 10 heteroatoms. The van der Waals surface area contributed by atoms with Crippen molar-refractivity contribution in [2.75, 3.05) is 11.9 Å². The SMILES string of the molecule is CCc1nc2ccc(Br)cc2c(=O)n1N=Cc1cc(Cl)cc(Br)c1OCC(=O)Nc1ccccc1C.